The Labute approximate surface area is 209 Å². The van der Waals surface area contributed by atoms with Crippen molar-refractivity contribution >= 4 is 80.3 Å². The molecule has 0 atom stereocenters. The number of carbonyl (C=O) groups is 1. The van der Waals surface area contributed by atoms with Crippen LogP contribution in [-0.4, -0.2) is 15.6 Å². The molecule has 0 bridgehead atoms. The summed E-state index contributed by atoms with van der Waals surface area (Å²) in [5, 5.41) is 6.05. The number of aromatic nitrogens is 1. The predicted octanol–water partition coefficient (Wildman–Crippen LogP) is 7.54. The number of benzene rings is 3. The Morgan fingerprint density at radius 3 is 2.64 bits per heavy atom. The van der Waals surface area contributed by atoms with E-state index in [1.807, 2.05) is 54.7 Å². The van der Waals surface area contributed by atoms with Gasteiger partial charge in [0.2, 0.25) is 0 Å². The molecular formula is C25H16Cl3N3OS. The lowest BCUT2D eigenvalue weighted by molar-refractivity contribution is -0.115. The highest BCUT2D eigenvalue weighted by Crippen LogP contribution is 2.32. The van der Waals surface area contributed by atoms with Crippen LogP contribution in [0, 0.1) is 0 Å². The van der Waals surface area contributed by atoms with Crippen LogP contribution in [0.3, 0.4) is 0 Å². The maximum atomic E-state index is 12.6. The number of thioether (sulfide) groups is 1. The van der Waals surface area contributed by atoms with Gasteiger partial charge in [-0.15, -0.1) is 0 Å². The van der Waals surface area contributed by atoms with Gasteiger partial charge in [0.1, 0.15) is 0 Å². The summed E-state index contributed by atoms with van der Waals surface area (Å²) in [6.45, 7) is 0.626. The van der Waals surface area contributed by atoms with Crippen LogP contribution in [0.5, 0.6) is 0 Å². The van der Waals surface area contributed by atoms with Crippen LogP contribution >= 0.6 is 46.6 Å². The average molecular weight is 513 g/mol. The highest BCUT2D eigenvalue weighted by molar-refractivity contribution is 8.18. The van der Waals surface area contributed by atoms with E-state index in [0.29, 0.717) is 37.4 Å². The predicted molar refractivity (Wildman–Crippen MR) is 140 cm³/mol. The third-order valence-electron chi connectivity index (χ3n) is 5.13. The first kappa shape index (κ1) is 22.1. The highest BCUT2D eigenvalue weighted by Gasteiger charge is 2.24. The van der Waals surface area contributed by atoms with Crippen LogP contribution in [0.1, 0.15) is 11.1 Å². The molecule has 1 aromatic heterocycles. The van der Waals surface area contributed by atoms with E-state index < -0.39 is 0 Å². The van der Waals surface area contributed by atoms with Gasteiger partial charge < -0.3 is 9.88 Å². The van der Waals surface area contributed by atoms with E-state index >= 15 is 0 Å². The van der Waals surface area contributed by atoms with Crippen LogP contribution in [0.4, 0.5) is 5.69 Å². The van der Waals surface area contributed by atoms with Crippen molar-refractivity contribution in [1.82, 2.24) is 9.88 Å². The Bertz CT molecular complexity index is 1460. The third-order valence-corrected chi connectivity index (χ3v) is 7.02. The first-order valence-corrected chi connectivity index (χ1v) is 12.0. The van der Waals surface area contributed by atoms with Gasteiger partial charge in [0.25, 0.3) is 5.91 Å². The summed E-state index contributed by atoms with van der Waals surface area (Å²) in [5.74, 6) is -0.179. The van der Waals surface area contributed by atoms with Crippen LogP contribution < -0.4 is 5.32 Å². The molecule has 0 aliphatic carbocycles. The van der Waals surface area contributed by atoms with Crippen LogP contribution in [0.2, 0.25) is 15.1 Å². The quantitative estimate of drug-likeness (QED) is 0.287. The first-order chi connectivity index (χ1) is 16.0. The Kier molecular flexibility index (Phi) is 6.21. The first-order valence-electron chi connectivity index (χ1n) is 10.0. The number of aliphatic imine (C=N–C) groups is 1. The molecule has 4 aromatic rings. The van der Waals surface area contributed by atoms with Gasteiger partial charge in [-0.1, -0.05) is 65.1 Å². The molecule has 0 saturated carbocycles. The summed E-state index contributed by atoms with van der Waals surface area (Å²) >= 11 is 19.6. The lowest BCUT2D eigenvalue weighted by atomic mass is 10.1. The normalized spacial score (nSPS) is 16.2. The fraction of sp³-hybridized carbons (Fsp3) is 0.0400. The molecule has 1 N–H and O–H groups in total. The van der Waals surface area contributed by atoms with Crippen molar-refractivity contribution in [2.45, 2.75) is 6.54 Å². The number of para-hydroxylation sites is 1. The fourth-order valence-corrected chi connectivity index (χ4v) is 4.98. The van der Waals surface area contributed by atoms with E-state index in [9.17, 15) is 4.79 Å². The van der Waals surface area contributed by atoms with Crippen molar-refractivity contribution in [1.29, 1.82) is 0 Å². The van der Waals surface area contributed by atoms with E-state index in [0.717, 1.165) is 22.0 Å². The van der Waals surface area contributed by atoms with Crippen molar-refractivity contribution in [3.63, 3.8) is 0 Å². The molecule has 5 rings (SSSR count). The van der Waals surface area contributed by atoms with Gasteiger partial charge in [-0.25, -0.2) is 4.99 Å². The zero-order valence-electron chi connectivity index (χ0n) is 17.1. The lowest BCUT2D eigenvalue weighted by Gasteiger charge is -2.06. The summed E-state index contributed by atoms with van der Waals surface area (Å²) in [4.78, 5) is 17.7. The minimum Gasteiger partial charge on any atom is -0.342 e. The SMILES string of the molecule is O=C1NC(=Nc2cccc(Cl)c2)S/C1=C\c1cn(Cc2ccc(Cl)c(Cl)c2)c2ccccc12. The maximum Gasteiger partial charge on any atom is 0.264 e. The van der Waals surface area contributed by atoms with Crippen molar-refractivity contribution in [2.24, 2.45) is 4.99 Å². The van der Waals surface area contributed by atoms with Crippen LogP contribution in [0.25, 0.3) is 17.0 Å². The van der Waals surface area contributed by atoms with Crippen LogP contribution in [0.15, 0.2) is 82.8 Å². The van der Waals surface area contributed by atoms with Crippen molar-refractivity contribution < 1.29 is 4.79 Å². The average Bonchev–Trinajstić information content (AvgIpc) is 3.31. The molecule has 1 aliphatic heterocycles. The van der Waals surface area contributed by atoms with E-state index in [1.165, 1.54) is 11.8 Å². The zero-order chi connectivity index (χ0) is 22.9. The van der Waals surface area contributed by atoms with Gasteiger partial charge in [-0.05, 0) is 59.8 Å². The smallest absolute Gasteiger partial charge is 0.264 e. The standard InChI is InChI=1S/C25H16Cl3N3OS/c26-17-4-3-5-18(12-17)29-25-30-24(32)23(33-25)11-16-14-31(22-7-2-1-6-19(16)22)13-15-8-9-20(27)21(28)10-15/h1-12,14H,13H2,(H,29,30,32)/b23-11-. The number of nitrogens with one attached hydrogen (secondary N) is 1. The Hall–Kier alpha value is -2.70. The maximum absolute atomic E-state index is 12.6. The summed E-state index contributed by atoms with van der Waals surface area (Å²) in [6, 6.07) is 20.9. The molecule has 3 aromatic carbocycles. The van der Waals surface area contributed by atoms with Crippen molar-refractivity contribution in [3.05, 3.63) is 104 Å². The molecule has 1 fully saturated rings. The van der Waals surface area contributed by atoms with Crippen molar-refractivity contribution in [3.8, 4) is 0 Å². The van der Waals surface area contributed by atoms with Gasteiger partial charge in [-0.2, -0.15) is 0 Å². The lowest BCUT2D eigenvalue weighted by Crippen LogP contribution is -2.19. The summed E-state index contributed by atoms with van der Waals surface area (Å²) in [7, 11) is 0. The van der Waals surface area contributed by atoms with Crippen molar-refractivity contribution in [2.75, 3.05) is 0 Å². The fourth-order valence-electron chi connectivity index (χ4n) is 3.64. The molecule has 4 nitrogen and oxygen atoms in total. The van der Waals surface area contributed by atoms with E-state index in [-0.39, 0.29) is 5.91 Å². The summed E-state index contributed by atoms with van der Waals surface area (Å²) in [6.07, 6.45) is 3.94. The number of carbonyl (C=O) groups excluding carboxylic acids is 1. The Morgan fingerprint density at radius 2 is 1.82 bits per heavy atom. The third kappa shape index (κ3) is 4.82. The Morgan fingerprint density at radius 1 is 0.970 bits per heavy atom. The zero-order valence-corrected chi connectivity index (χ0v) is 20.1. The summed E-state index contributed by atoms with van der Waals surface area (Å²) < 4.78 is 2.14. The second-order valence-electron chi connectivity index (χ2n) is 7.44. The number of halogens is 3. The molecule has 1 saturated heterocycles. The van der Waals surface area contributed by atoms with Gasteiger partial charge >= 0.3 is 0 Å². The molecular weight excluding hydrogens is 497 g/mol. The molecule has 1 amide bonds. The second-order valence-corrected chi connectivity index (χ2v) is 9.72. The minimum atomic E-state index is -0.179. The van der Waals surface area contributed by atoms with E-state index in [2.05, 4.69) is 20.9 Å². The molecule has 33 heavy (non-hydrogen) atoms. The van der Waals surface area contributed by atoms with Gasteiger partial charge in [-0.3, -0.25) is 4.79 Å². The molecule has 8 heteroatoms. The van der Waals surface area contributed by atoms with Gasteiger partial charge in [0.05, 0.1) is 20.6 Å². The van der Waals surface area contributed by atoms with Crippen LogP contribution in [-0.2, 0) is 11.3 Å². The van der Waals surface area contributed by atoms with Gasteiger partial charge in [0.15, 0.2) is 5.17 Å². The molecule has 1 aliphatic rings. The number of hydrogen-bond donors (Lipinski definition) is 1. The number of amidine groups is 1. The number of rotatable bonds is 4. The molecule has 164 valence electrons. The largest absolute Gasteiger partial charge is 0.342 e. The van der Waals surface area contributed by atoms with Gasteiger partial charge in [0, 0.05) is 34.2 Å². The number of fused-ring (bicyclic) bond motifs is 1. The summed E-state index contributed by atoms with van der Waals surface area (Å²) in [5.41, 5.74) is 3.73. The number of nitrogens with zero attached hydrogens (tertiary/aromatic N) is 2. The number of amides is 1. The highest BCUT2D eigenvalue weighted by atomic mass is 35.5. The topological polar surface area (TPSA) is 46.4 Å². The second kappa shape index (κ2) is 9.27. The minimum absolute atomic E-state index is 0.179. The Balaban J connectivity index is 1.47. The van der Waals surface area contributed by atoms with E-state index in [1.54, 1.807) is 18.2 Å². The number of hydrogen-bond acceptors (Lipinski definition) is 3. The molecule has 0 spiro atoms. The molecule has 2 heterocycles. The molecule has 0 radical (unpaired) electrons. The molecule has 0 unspecified atom stereocenters. The van der Waals surface area contributed by atoms with E-state index in [4.69, 9.17) is 34.8 Å². The monoisotopic (exact) mass is 511 g/mol.